The lowest BCUT2D eigenvalue weighted by Gasteiger charge is -2.47. The molecule has 6 atom stereocenters. The zero-order chi connectivity index (χ0) is 20.9. The number of aliphatic hydroxyl groups excluding tert-OH is 1. The van der Waals surface area contributed by atoms with Crippen molar-refractivity contribution in [3.63, 3.8) is 0 Å². The lowest BCUT2D eigenvalue weighted by molar-refractivity contribution is -0.359. The third-order valence-electron chi connectivity index (χ3n) is 4.99. The molecule has 2 aromatic carbocycles. The summed E-state index contributed by atoms with van der Waals surface area (Å²) in [6, 6.07) is 18.1. The third kappa shape index (κ3) is 4.74. The van der Waals surface area contributed by atoms with E-state index >= 15 is 0 Å². The van der Waals surface area contributed by atoms with Gasteiger partial charge in [0.25, 0.3) is 0 Å². The van der Waals surface area contributed by atoms with E-state index in [1.54, 1.807) is 24.3 Å². The zero-order valence-electron chi connectivity index (χ0n) is 16.1. The second-order valence-electron chi connectivity index (χ2n) is 7.01. The number of carbonyl (C=O) groups is 1. The van der Waals surface area contributed by atoms with E-state index in [2.05, 4.69) is 15.9 Å². The van der Waals surface area contributed by atoms with Gasteiger partial charge in [0.15, 0.2) is 18.7 Å². The highest BCUT2D eigenvalue weighted by atomic mass is 79.9. The van der Waals surface area contributed by atoms with Crippen molar-refractivity contribution in [2.45, 2.75) is 37.0 Å². The average Bonchev–Trinajstić information content (AvgIpc) is 2.80. The summed E-state index contributed by atoms with van der Waals surface area (Å²) in [5.74, 6) is -0.550. The first kappa shape index (κ1) is 21.4. The fraction of sp³-hybridized carbons (Fsp3) is 0.409. The first-order chi connectivity index (χ1) is 14.7. The van der Waals surface area contributed by atoms with Gasteiger partial charge in [0.05, 0.1) is 18.8 Å². The highest BCUT2D eigenvalue weighted by molar-refractivity contribution is 9.09. The van der Waals surface area contributed by atoms with E-state index in [1.807, 2.05) is 36.4 Å². The van der Waals surface area contributed by atoms with Crippen LogP contribution in [-0.4, -0.2) is 60.3 Å². The lowest BCUT2D eigenvalue weighted by atomic mass is 9.97. The van der Waals surface area contributed by atoms with E-state index in [1.165, 1.54) is 0 Å². The molecule has 2 aliphatic heterocycles. The van der Waals surface area contributed by atoms with Gasteiger partial charge in [-0.2, -0.15) is 0 Å². The van der Waals surface area contributed by atoms with Gasteiger partial charge < -0.3 is 28.8 Å². The highest BCUT2D eigenvalue weighted by Crippen LogP contribution is 2.35. The summed E-state index contributed by atoms with van der Waals surface area (Å²) >= 11 is 3.29. The van der Waals surface area contributed by atoms with E-state index < -0.39 is 43.0 Å². The van der Waals surface area contributed by atoms with Gasteiger partial charge in [-0.15, -0.1) is 0 Å². The molecule has 160 valence electrons. The quantitative estimate of drug-likeness (QED) is 0.504. The van der Waals surface area contributed by atoms with Crippen molar-refractivity contribution in [2.24, 2.45) is 0 Å². The number of hydrogen-bond acceptors (Lipinski definition) is 7. The average molecular weight is 479 g/mol. The van der Waals surface area contributed by atoms with Gasteiger partial charge in [0.1, 0.15) is 18.3 Å². The highest BCUT2D eigenvalue weighted by Gasteiger charge is 2.52. The molecule has 30 heavy (non-hydrogen) atoms. The molecule has 0 radical (unpaired) electrons. The first-order valence-electron chi connectivity index (χ1n) is 9.76. The van der Waals surface area contributed by atoms with Crippen LogP contribution in [0, 0.1) is 0 Å². The van der Waals surface area contributed by atoms with Crippen LogP contribution in [0.15, 0.2) is 60.7 Å². The third-order valence-corrected chi connectivity index (χ3v) is 5.31. The van der Waals surface area contributed by atoms with Crippen molar-refractivity contribution < 1.29 is 33.6 Å². The maximum absolute atomic E-state index is 12.7. The second kappa shape index (κ2) is 10.00. The molecule has 2 aromatic rings. The Labute approximate surface area is 183 Å². The summed E-state index contributed by atoms with van der Waals surface area (Å²) in [6.45, 7) is 0.539. The molecule has 0 bridgehead atoms. The minimum absolute atomic E-state index is 0.213. The number of rotatable bonds is 6. The number of benzene rings is 2. The Hall–Kier alpha value is -1.81. The Kier molecular flexibility index (Phi) is 7.14. The molecule has 0 aliphatic carbocycles. The molecule has 1 N–H and O–H groups in total. The van der Waals surface area contributed by atoms with Crippen LogP contribution in [-0.2, 0) is 23.7 Å². The molecule has 0 saturated carbocycles. The summed E-state index contributed by atoms with van der Waals surface area (Å²) in [6.07, 6.45) is -5.07. The van der Waals surface area contributed by atoms with Crippen LogP contribution in [0.2, 0.25) is 0 Å². The minimum Gasteiger partial charge on any atom is -0.453 e. The number of esters is 1. The molecule has 7 nitrogen and oxygen atoms in total. The van der Waals surface area contributed by atoms with Gasteiger partial charge in [-0.1, -0.05) is 64.5 Å². The van der Waals surface area contributed by atoms with Crippen LogP contribution in [0.1, 0.15) is 22.2 Å². The minimum atomic E-state index is -1.22. The van der Waals surface area contributed by atoms with Gasteiger partial charge >= 0.3 is 5.97 Å². The monoisotopic (exact) mass is 478 g/mol. The number of aliphatic hydroxyl groups is 1. The number of hydrogen-bond donors (Lipinski definition) is 1. The molecule has 4 rings (SSSR count). The fourth-order valence-electron chi connectivity index (χ4n) is 3.54. The van der Waals surface area contributed by atoms with Crippen molar-refractivity contribution in [1.82, 2.24) is 0 Å². The largest absolute Gasteiger partial charge is 0.453 e. The van der Waals surface area contributed by atoms with Crippen LogP contribution >= 0.6 is 15.9 Å². The first-order valence-corrected chi connectivity index (χ1v) is 10.9. The van der Waals surface area contributed by atoms with Crippen LogP contribution in [0.25, 0.3) is 0 Å². The maximum Gasteiger partial charge on any atom is 0.338 e. The van der Waals surface area contributed by atoms with Crippen molar-refractivity contribution in [3.8, 4) is 0 Å². The van der Waals surface area contributed by atoms with E-state index in [-0.39, 0.29) is 6.61 Å². The predicted octanol–water partition coefficient (Wildman–Crippen LogP) is 2.82. The molecule has 0 spiro atoms. The molecular weight excluding hydrogens is 456 g/mol. The van der Waals surface area contributed by atoms with E-state index in [9.17, 15) is 9.90 Å². The Bertz CT molecular complexity index is 819. The number of ether oxygens (including phenoxy) is 5. The molecule has 2 fully saturated rings. The van der Waals surface area contributed by atoms with Gasteiger partial charge in [-0.05, 0) is 12.1 Å². The summed E-state index contributed by atoms with van der Waals surface area (Å²) in [7, 11) is 0. The smallest absolute Gasteiger partial charge is 0.338 e. The molecule has 2 aliphatic rings. The van der Waals surface area contributed by atoms with E-state index in [0.717, 1.165) is 5.56 Å². The zero-order valence-corrected chi connectivity index (χ0v) is 17.7. The molecule has 1 unspecified atom stereocenters. The number of alkyl halides is 1. The van der Waals surface area contributed by atoms with Gasteiger partial charge in [-0.25, -0.2) is 4.79 Å². The van der Waals surface area contributed by atoms with Crippen molar-refractivity contribution in [2.75, 3.05) is 18.5 Å². The number of fused-ring (bicyclic) bond motifs is 1. The predicted molar refractivity (Wildman–Crippen MR) is 110 cm³/mol. The summed E-state index contributed by atoms with van der Waals surface area (Å²) in [5, 5.41) is 11.5. The topological polar surface area (TPSA) is 83.5 Å². The lowest BCUT2D eigenvalue weighted by Crippen LogP contribution is -2.63. The van der Waals surface area contributed by atoms with Gasteiger partial charge in [-0.3, -0.25) is 0 Å². The standard InChI is InChI=1S/C22H23BrO7/c23-11-12-26-22-17(24)19(29-20(25)14-7-3-1-4-8-14)18-16(28-22)13-27-21(30-18)15-9-5-2-6-10-15/h1-10,16-19,21-22,24H,11-13H2/t16-,17-,18+,19-,21?,22-/m1/s1. The summed E-state index contributed by atoms with van der Waals surface area (Å²) in [4.78, 5) is 12.7. The summed E-state index contributed by atoms with van der Waals surface area (Å²) < 4.78 is 29.1. The van der Waals surface area contributed by atoms with Crippen molar-refractivity contribution in [3.05, 3.63) is 71.8 Å². The van der Waals surface area contributed by atoms with Crippen LogP contribution in [0.3, 0.4) is 0 Å². The second-order valence-corrected chi connectivity index (χ2v) is 7.80. The molecule has 0 aromatic heterocycles. The number of carbonyl (C=O) groups excluding carboxylic acids is 1. The van der Waals surface area contributed by atoms with Gasteiger partial charge in [0, 0.05) is 10.9 Å². The normalized spacial score (nSPS) is 31.0. The Morgan fingerprint density at radius 2 is 1.77 bits per heavy atom. The fourth-order valence-corrected chi connectivity index (χ4v) is 3.73. The van der Waals surface area contributed by atoms with Gasteiger partial charge in [0.2, 0.25) is 0 Å². The molecular formula is C22H23BrO7. The van der Waals surface area contributed by atoms with Crippen LogP contribution in [0.4, 0.5) is 0 Å². The SMILES string of the molecule is O=C(O[C@@H]1[C@@H](O)[C@H](OCCBr)O[C@@H]2COC(c3ccccc3)O[C@H]12)c1ccccc1. The van der Waals surface area contributed by atoms with Crippen LogP contribution < -0.4 is 0 Å². The molecule has 8 heteroatoms. The van der Waals surface area contributed by atoms with E-state index in [0.29, 0.717) is 17.5 Å². The Balaban J connectivity index is 1.55. The molecule has 2 heterocycles. The molecule has 2 saturated heterocycles. The molecule has 0 amide bonds. The van der Waals surface area contributed by atoms with E-state index in [4.69, 9.17) is 23.7 Å². The van der Waals surface area contributed by atoms with Crippen molar-refractivity contribution in [1.29, 1.82) is 0 Å². The Morgan fingerprint density at radius 1 is 1.07 bits per heavy atom. The number of halogens is 1. The Morgan fingerprint density at radius 3 is 2.47 bits per heavy atom. The summed E-state index contributed by atoms with van der Waals surface area (Å²) in [5.41, 5.74) is 1.22. The van der Waals surface area contributed by atoms with Crippen molar-refractivity contribution >= 4 is 21.9 Å². The van der Waals surface area contributed by atoms with Crippen LogP contribution in [0.5, 0.6) is 0 Å². The maximum atomic E-state index is 12.7.